The highest BCUT2D eigenvalue weighted by Crippen LogP contribution is 2.38. The Morgan fingerprint density at radius 3 is 2.74 bits per heavy atom. The summed E-state index contributed by atoms with van der Waals surface area (Å²) in [5.41, 5.74) is 11.8. The van der Waals surface area contributed by atoms with Crippen LogP contribution in [0.5, 0.6) is 17.2 Å². The van der Waals surface area contributed by atoms with Crippen molar-refractivity contribution in [1.29, 1.82) is 0 Å². The zero-order valence-corrected chi connectivity index (χ0v) is 10.8. The van der Waals surface area contributed by atoms with Gasteiger partial charge < -0.3 is 25.7 Å². The summed E-state index contributed by atoms with van der Waals surface area (Å²) in [5, 5.41) is 0. The number of amides is 1. The lowest BCUT2D eigenvalue weighted by Gasteiger charge is -2.13. The van der Waals surface area contributed by atoms with Gasteiger partial charge in [-0.25, -0.2) is 0 Å². The zero-order valence-electron chi connectivity index (χ0n) is 10.8. The van der Waals surface area contributed by atoms with E-state index in [1.807, 2.05) is 13.0 Å². The summed E-state index contributed by atoms with van der Waals surface area (Å²) in [4.78, 5) is 10.7. The standard InChI is InChI=1S/C13H18N2O4/c1-8(14)4-9-5-11-12(19-7-18-11)6-10(9)17-3-2-13(15)16/h5-6,8H,2-4,7,14H2,1H3,(H2,15,16). The molecule has 0 aromatic heterocycles. The van der Waals surface area contributed by atoms with Crippen molar-refractivity contribution < 1.29 is 19.0 Å². The van der Waals surface area contributed by atoms with Crippen LogP contribution in [-0.4, -0.2) is 25.3 Å². The molecule has 0 radical (unpaired) electrons. The fraction of sp³-hybridized carbons (Fsp3) is 0.462. The molecule has 6 nitrogen and oxygen atoms in total. The maximum Gasteiger partial charge on any atom is 0.231 e. The first kappa shape index (κ1) is 13.5. The SMILES string of the molecule is CC(N)Cc1cc2c(cc1OCCC(N)=O)OCO2. The Balaban J connectivity index is 2.16. The van der Waals surface area contributed by atoms with Crippen LogP contribution >= 0.6 is 0 Å². The number of hydrogen-bond acceptors (Lipinski definition) is 5. The highest BCUT2D eigenvalue weighted by Gasteiger charge is 2.18. The molecule has 0 aliphatic carbocycles. The summed E-state index contributed by atoms with van der Waals surface area (Å²) in [6.45, 7) is 2.36. The van der Waals surface area contributed by atoms with Gasteiger partial charge in [0.05, 0.1) is 13.0 Å². The van der Waals surface area contributed by atoms with Crippen LogP contribution in [0, 0.1) is 0 Å². The van der Waals surface area contributed by atoms with Crippen molar-refractivity contribution in [3.8, 4) is 17.2 Å². The third-order valence-corrected chi connectivity index (χ3v) is 2.70. The molecular formula is C13H18N2O4. The summed E-state index contributed by atoms with van der Waals surface area (Å²) >= 11 is 0. The van der Waals surface area contributed by atoms with Crippen LogP contribution in [-0.2, 0) is 11.2 Å². The minimum Gasteiger partial charge on any atom is -0.493 e. The van der Waals surface area contributed by atoms with Crippen molar-refractivity contribution >= 4 is 5.91 Å². The number of nitrogens with two attached hydrogens (primary N) is 2. The number of benzene rings is 1. The van der Waals surface area contributed by atoms with Crippen LogP contribution in [0.15, 0.2) is 12.1 Å². The Kier molecular flexibility index (Phi) is 4.11. The fourth-order valence-corrected chi connectivity index (χ4v) is 1.87. The van der Waals surface area contributed by atoms with Crippen LogP contribution in [0.1, 0.15) is 18.9 Å². The molecule has 1 heterocycles. The minimum absolute atomic E-state index is 0.00105. The number of rotatable bonds is 6. The average molecular weight is 266 g/mol. The van der Waals surface area contributed by atoms with E-state index in [0.717, 1.165) is 5.56 Å². The summed E-state index contributed by atoms with van der Waals surface area (Å²) in [7, 11) is 0. The highest BCUT2D eigenvalue weighted by atomic mass is 16.7. The second-order valence-electron chi connectivity index (χ2n) is 4.56. The second-order valence-corrected chi connectivity index (χ2v) is 4.56. The first-order valence-corrected chi connectivity index (χ1v) is 6.15. The Labute approximate surface area is 111 Å². The van der Waals surface area contributed by atoms with Gasteiger partial charge in [-0.3, -0.25) is 4.79 Å². The van der Waals surface area contributed by atoms with Crippen LogP contribution in [0.2, 0.25) is 0 Å². The van der Waals surface area contributed by atoms with Gasteiger partial charge in [0, 0.05) is 12.1 Å². The van der Waals surface area contributed by atoms with Gasteiger partial charge in [0.2, 0.25) is 12.7 Å². The van der Waals surface area contributed by atoms with E-state index in [1.165, 1.54) is 0 Å². The Hall–Kier alpha value is -1.95. The topological polar surface area (TPSA) is 96.8 Å². The monoisotopic (exact) mass is 266 g/mol. The third-order valence-electron chi connectivity index (χ3n) is 2.70. The van der Waals surface area contributed by atoms with Gasteiger partial charge in [0.15, 0.2) is 11.5 Å². The number of carbonyl (C=O) groups excluding carboxylic acids is 1. The Morgan fingerprint density at radius 2 is 2.11 bits per heavy atom. The van der Waals surface area contributed by atoms with Crippen LogP contribution in [0.3, 0.4) is 0 Å². The molecule has 2 rings (SSSR count). The molecule has 1 aliphatic heterocycles. The summed E-state index contributed by atoms with van der Waals surface area (Å²) in [5.74, 6) is 1.60. The zero-order chi connectivity index (χ0) is 13.8. The minimum atomic E-state index is -0.394. The molecule has 1 atom stereocenters. The summed E-state index contributed by atoms with van der Waals surface area (Å²) in [6, 6.07) is 3.63. The second kappa shape index (κ2) is 5.79. The van der Waals surface area contributed by atoms with Crippen molar-refractivity contribution in [2.75, 3.05) is 13.4 Å². The quantitative estimate of drug-likeness (QED) is 0.784. The van der Waals surface area contributed by atoms with E-state index in [0.29, 0.717) is 23.7 Å². The van der Waals surface area contributed by atoms with Crippen LogP contribution in [0.25, 0.3) is 0 Å². The first-order chi connectivity index (χ1) is 9.06. The fourth-order valence-electron chi connectivity index (χ4n) is 1.87. The van der Waals surface area contributed by atoms with Crippen molar-refractivity contribution in [3.05, 3.63) is 17.7 Å². The Morgan fingerprint density at radius 1 is 1.42 bits per heavy atom. The van der Waals surface area contributed by atoms with Crippen molar-refractivity contribution in [2.24, 2.45) is 11.5 Å². The van der Waals surface area contributed by atoms with E-state index in [2.05, 4.69) is 0 Å². The lowest BCUT2D eigenvalue weighted by atomic mass is 10.1. The van der Waals surface area contributed by atoms with E-state index >= 15 is 0 Å². The molecule has 0 fully saturated rings. The molecule has 1 aliphatic rings. The van der Waals surface area contributed by atoms with Gasteiger partial charge in [0.25, 0.3) is 0 Å². The summed E-state index contributed by atoms with van der Waals surface area (Å²) in [6.07, 6.45) is 0.828. The number of fused-ring (bicyclic) bond motifs is 1. The predicted octanol–water partition coefficient (Wildman–Crippen LogP) is 0.559. The maximum absolute atomic E-state index is 10.7. The normalized spacial score (nSPS) is 14.2. The average Bonchev–Trinajstić information content (AvgIpc) is 2.75. The molecule has 0 bridgehead atoms. The smallest absolute Gasteiger partial charge is 0.231 e. The number of carbonyl (C=O) groups is 1. The molecule has 6 heteroatoms. The Bertz CT molecular complexity index is 474. The number of hydrogen-bond donors (Lipinski definition) is 2. The van der Waals surface area contributed by atoms with Gasteiger partial charge in [-0.05, 0) is 25.0 Å². The largest absolute Gasteiger partial charge is 0.493 e. The lowest BCUT2D eigenvalue weighted by molar-refractivity contribution is -0.118. The van der Waals surface area contributed by atoms with Crippen molar-refractivity contribution in [3.63, 3.8) is 0 Å². The molecule has 1 amide bonds. The van der Waals surface area contributed by atoms with Gasteiger partial charge in [-0.2, -0.15) is 0 Å². The molecule has 1 aromatic carbocycles. The molecular weight excluding hydrogens is 248 g/mol. The van der Waals surface area contributed by atoms with Crippen LogP contribution < -0.4 is 25.7 Å². The molecule has 0 saturated heterocycles. The molecule has 1 aromatic rings. The molecule has 4 N–H and O–H groups in total. The predicted molar refractivity (Wildman–Crippen MR) is 69.2 cm³/mol. The van der Waals surface area contributed by atoms with Crippen LogP contribution in [0.4, 0.5) is 0 Å². The summed E-state index contributed by atoms with van der Waals surface area (Å²) < 4.78 is 16.2. The highest BCUT2D eigenvalue weighted by molar-refractivity contribution is 5.73. The third kappa shape index (κ3) is 3.51. The molecule has 0 spiro atoms. The van der Waals surface area contributed by atoms with Gasteiger partial charge >= 0.3 is 0 Å². The number of ether oxygens (including phenoxy) is 3. The molecule has 1 unspecified atom stereocenters. The molecule has 104 valence electrons. The molecule has 0 saturated carbocycles. The van der Waals surface area contributed by atoms with E-state index in [1.54, 1.807) is 6.07 Å². The lowest BCUT2D eigenvalue weighted by Crippen LogP contribution is -2.19. The van der Waals surface area contributed by atoms with Crippen molar-refractivity contribution in [2.45, 2.75) is 25.8 Å². The van der Waals surface area contributed by atoms with Gasteiger partial charge in [0.1, 0.15) is 5.75 Å². The first-order valence-electron chi connectivity index (χ1n) is 6.15. The van der Waals surface area contributed by atoms with Gasteiger partial charge in [-0.1, -0.05) is 0 Å². The maximum atomic E-state index is 10.7. The van der Waals surface area contributed by atoms with E-state index in [4.69, 9.17) is 25.7 Å². The molecule has 19 heavy (non-hydrogen) atoms. The number of primary amides is 1. The van der Waals surface area contributed by atoms with E-state index in [-0.39, 0.29) is 25.9 Å². The van der Waals surface area contributed by atoms with E-state index < -0.39 is 5.91 Å². The van der Waals surface area contributed by atoms with E-state index in [9.17, 15) is 4.79 Å². The van der Waals surface area contributed by atoms with Gasteiger partial charge in [-0.15, -0.1) is 0 Å². The van der Waals surface area contributed by atoms with Crippen molar-refractivity contribution in [1.82, 2.24) is 0 Å².